The van der Waals surface area contributed by atoms with E-state index in [-0.39, 0.29) is 18.9 Å². The topological polar surface area (TPSA) is 228 Å². The van der Waals surface area contributed by atoms with Gasteiger partial charge in [0.2, 0.25) is 5.91 Å². The Morgan fingerprint density at radius 3 is 1.61 bits per heavy atom. The highest BCUT2D eigenvalue weighted by molar-refractivity contribution is 5.76. The molecule has 0 aromatic heterocycles. The molecular formula is C45H83NO13. The molecule has 12 unspecified atom stereocenters. The summed E-state index contributed by atoms with van der Waals surface area (Å²) < 4.78 is 22.6. The lowest BCUT2D eigenvalue weighted by atomic mass is 9.97. The number of hydrogen-bond acceptors (Lipinski definition) is 13. The van der Waals surface area contributed by atoms with Crippen LogP contribution in [0.15, 0.2) is 24.3 Å². The second kappa shape index (κ2) is 33.1. The van der Waals surface area contributed by atoms with Crippen molar-refractivity contribution < 1.29 is 64.6 Å². The van der Waals surface area contributed by atoms with Crippen LogP contribution in [0.5, 0.6) is 0 Å². The molecule has 2 rings (SSSR count). The van der Waals surface area contributed by atoms with Crippen molar-refractivity contribution in [2.75, 3.05) is 19.8 Å². The Morgan fingerprint density at radius 2 is 1.07 bits per heavy atom. The molecule has 0 spiro atoms. The number of nitrogens with one attached hydrogen (secondary N) is 1. The highest BCUT2D eigenvalue weighted by Crippen LogP contribution is 2.30. The van der Waals surface area contributed by atoms with E-state index in [4.69, 9.17) is 18.9 Å². The number of hydrogen-bond donors (Lipinski definition) is 9. The van der Waals surface area contributed by atoms with Gasteiger partial charge in [0.05, 0.1) is 32.0 Å². The molecule has 346 valence electrons. The monoisotopic (exact) mass is 846 g/mol. The van der Waals surface area contributed by atoms with E-state index in [9.17, 15) is 45.6 Å². The average Bonchev–Trinajstić information content (AvgIpc) is 3.23. The van der Waals surface area contributed by atoms with Gasteiger partial charge in [-0.3, -0.25) is 4.79 Å². The van der Waals surface area contributed by atoms with Crippen LogP contribution in [0.4, 0.5) is 0 Å². The lowest BCUT2D eigenvalue weighted by molar-refractivity contribution is -0.359. The molecule has 2 saturated heterocycles. The first kappa shape index (κ1) is 53.6. The minimum absolute atomic E-state index is 0.252. The van der Waals surface area contributed by atoms with Crippen molar-refractivity contribution in [1.82, 2.24) is 5.32 Å². The van der Waals surface area contributed by atoms with E-state index in [0.717, 1.165) is 64.2 Å². The second-order valence-corrected chi connectivity index (χ2v) is 16.5. The lowest BCUT2D eigenvalue weighted by Gasteiger charge is -2.46. The van der Waals surface area contributed by atoms with Gasteiger partial charge in [-0.1, -0.05) is 134 Å². The third-order valence-corrected chi connectivity index (χ3v) is 11.4. The summed E-state index contributed by atoms with van der Waals surface area (Å²) in [6.07, 6.45) is 16.6. The predicted molar refractivity (Wildman–Crippen MR) is 226 cm³/mol. The Balaban J connectivity index is 1.87. The molecule has 12 atom stereocenters. The average molecular weight is 846 g/mol. The molecule has 9 N–H and O–H groups in total. The summed E-state index contributed by atoms with van der Waals surface area (Å²) in [6, 6.07) is -0.913. The molecule has 0 saturated carbocycles. The van der Waals surface area contributed by atoms with Gasteiger partial charge in [-0.2, -0.15) is 0 Å². The van der Waals surface area contributed by atoms with Crippen molar-refractivity contribution in [3.8, 4) is 0 Å². The number of carbonyl (C=O) groups excluding carboxylic acids is 1. The summed E-state index contributed by atoms with van der Waals surface area (Å²) in [5.74, 6) is -0.252. The van der Waals surface area contributed by atoms with Crippen LogP contribution < -0.4 is 5.32 Å². The third kappa shape index (κ3) is 21.4. The van der Waals surface area contributed by atoms with E-state index in [1.807, 2.05) is 6.08 Å². The van der Waals surface area contributed by atoms with E-state index >= 15 is 0 Å². The van der Waals surface area contributed by atoms with Gasteiger partial charge in [-0.15, -0.1) is 0 Å². The van der Waals surface area contributed by atoms with Crippen LogP contribution >= 0.6 is 0 Å². The molecule has 2 aliphatic rings. The van der Waals surface area contributed by atoms with E-state index in [1.54, 1.807) is 6.08 Å². The van der Waals surface area contributed by atoms with E-state index in [0.29, 0.717) is 6.42 Å². The number of carbonyl (C=O) groups is 1. The zero-order valence-corrected chi connectivity index (χ0v) is 36.2. The predicted octanol–water partition coefficient (Wildman–Crippen LogP) is 4.60. The summed E-state index contributed by atoms with van der Waals surface area (Å²) in [4.78, 5) is 13.1. The third-order valence-electron chi connectivity index (χ3n) is 11.4. The fourth-order valence-corrected chi connectivity index (χ4v) is 7.52. The van der Waals surface area contributed by atoms with Crippen molar-refractivity contribution in [3.63, 3.8) is 0 Å². The number of aliphatic hydroxyl groups excluding tert-OH is 8. The Labute approximate surface area is 354 Å². The largest absolute Gasteiger partial charge is 0.394 e. The second-order valence-electron chi connectivity index (χ2n) is 16.5. The van der Waals surface area contributed by atoms with E-state index < -0.39 is 86.8 Å². The van der Waals surface area contributed by atoms with Gasteiger partial charge in [0.25, 0.3) is 0 Å². The van der Waals surface area contributed by atoms with Gasteiger partial charge in [0, 0.05) is 6.42 Å². The first-order valence-corrected chi connectivity index (χ1v) is 23.1. The van der Waals surface area contributed by atoms with E-state index in [2.05, 4.69) is 31.3 Å². The highest BCUT2D eigenvalue weighted by atomic mass is 16.7. The smallest absolute Gasteiger partial charge is 0.220 e. The summed E-state index contributed by atoms with van der Waals surface area (Å²) in [6.45, 7) is 2.72. The zero-order valence-electron chi connectivity index (χ0n) is 36.2. The van der Waals surface area contributed by atoms with Crippen LogP contribution in [0.25, 0.3) is 0 Å². The number of ether oxygens (including phenoxy) is 4. The summed E-state index contributed by atoms with van der Waals surface area (Å²) >= 11 is 0. The van der Waals surface area contributed by atoms with Crippen LogP contribution in [0.3, 0.4) is 0 Å². The van der Waals surface area contributed by atoms with Crippen LogP contribution in [-0.4, -0.2) is 140 Å². The van der Waals surface area contributed by atoms with Crippen molar-refractivity contribution in [3.05, 3.63) is 24.3 Å². The number of rotatable bonds is 34. The molecule has 0 aromatic carbocycles. The molecular weight excluding hydrogens is 762 g/mol. The van der Waals surface area contributed by atoms with Crippen LogP contribution in [0.2, 0.25) is 0 Å². The summed E-state index contributed by atoms with van der Waals surface area (Å²) in [5, 5.41) is 86.3. The van der Waals surface area contributed by atoms with E-state index in [1.165, 1.54) is 70.6 Å². The normalized spacial score (nSPS) is 28.7. The van der Waals surface area contributed by atoms with Crippen molar-refractivity contribution in [1.29, 1.82) is 0 Å². The van der Waals surface area contributed by atoms with Gasteiger partial charge >= 0.3 is 0 Å². The molecule has 0 aliphatic carbocycles. The van der Waals surface area contributed by atoms with Gasteiger partial charge in [0.15, 0.2) is 12.6 Å². The minimum Gasteiger partial charge on any atom is -0.394 e. The number of amides is 1. The molecule has 59 heavy (non-hydrogen) atoms. The van der Waals surface area contributed by atoms with Gasteiger partial charge in [-0.05, 0) is 44.9 Å². The number of allylic oxidation sites excluding steroid dienone is 3. The molecule has 0 radical (unpaired) electrons. The molecule has 0 bridgehead atoms. The summed E-state index contributed by atoms with van der Waals surface area (Å²) in [5.41, 5.74) is 0. The number of aliphatic hydroxyl groups is 8. The zero-order chi connectivity index (χ0) is 43.3. The van der Waals surface area contributed by atoms with Gasteiger partial charge in [-0.25, -0.2) is 0 Å². The fraction of sp³-hybridized carbons (Fsp3) is 0.889. The maximum Gasteiger partial charge on any atom is 0.220 e. The van der Waals surface area contributed by atoms with Crippen LogP contribution in [0.1, 0.15) is 162 Å². The van der Waals surface area contributed by atoms with Crippen LogP contribution in [0, 0.1) is 0 Å². The quantitative estimate of drug-likeness (QED) is 0.0319. The van der Waals surface area contributed by atoms with Crippen LogP contribution in [-0.2, 0) is 23.7 Å². The molecule has 0 aromatic rings. The van der Waals surface area contributed by atoms with Gasteiger partial charge < -0.3 is 65.1 Å². The first-order valence-electron chi connectivity index (χ1n) is 23.1. The molecule has 14 nitrogen and oxygen atoms in total. The SMILES string of the molecule is CCCCCCCCC/C=C\CCCCCCCC(=O)NC(COC1OC(CO)C(OC2OC(CO)C(O)C(O)C2O)C(O)C1O)C(O)/C=C/CCCCCCCCC. The molecule has 2 heterocycles. The maximum atomic E-state index is 13.1. The Hall–Kier alpha value is -1.53. The Kier molecular flexibility index (Phi) is 30.1. The molecule has 2 aliphatic heterocycles. The molecule has 14 heteroatoms. The number of unbranched alkanes of at least 4 members (excludes halogenated alkanes) is 19. The lowest BCUT2D eigenvalue weighted by Crippen LogP contribution is -2.65. The molecule has 1 amide bonds. The first-order chi connectivity index (χ1) is 28.6. The van der Waals surface area contributed by atoms with Crippen molar-refractivity contribution in [2.24, 2.45) is 0 Å². The Morgan fingerprint density at radius 1 is 0.593 bits per heavy atom. The summed E-state index contributed by atoms with van der Waals surface area (Å²) in [7, 11) is 0. The highest BCUT2D eigenvalue weighted by Gasteiger charge is 2.50. The van der Waals surface area contributed by atoms with Crippen molar-refractivity contribution >= 4 is 5.91 Å². The fourth-order valence-electron chi connectivity index (χ4n) is 7.52. The minimum atomic E-state index is -1.79. The standard InChI is InChI=1S/C45H83NO13/c1-3-5-7-9-11-13-14-15-16-17-18-19-21-23-25-27-29-37(50)46-33(34(49)28-26-24-22-20-12-10-8-6-4-2)32-56-44-42(55)40(53)43(36(31-48)58-44)59-45-41(54)39(52)38(51)35(30-47)57-45/h16-17,26,28,33-36,38-45,47-49,51-55H,3-15,18-25,27,29-32H2,1-2H3,(H,46,50)/b17-16-,28-26+. The van der Waals surface area contributed by atoms with Crippen molar-refractivity contribution in [2.45, 2.75) is 235 Å². The Bertz CT molecular complexity index is 1090. The van der Waals surface area contributed by atoms with Gasteiger partial charge in [0.1, 0.15) is 48.8 Å². The molecule has 2 fully saturated rings. The maximum absolute atomic E-state index is 13.1.